The molecule has 1 N–H and O–H groups in total. The normalized spacial score (nSPS) is 24.7. The number of hydrogen-bond donors (Lipinski definition) is 1. The van der Waals surface area contributed by atoms with Gasteiger partial charge in [-0.2, -0.15) is 0 Å². The Morgan fingerprint density at radius 3 is 2.47 bits per heavy atom. The Morgan fingerprint density at radius 2 is 2.00 bits per heavy atom. The van der Waals surface area contributed by atoms with Gasteiger partial charge in [0.05, 0.1) is 18.1 Å². The van der Waals surface area contributed by atoms with Crippen LogP contribution in [-0.4, -0.2) is 31.6 Å². The molecule has 5 heteroatoms. The van der Waals surface area contributed by atoms with Gasteiger partial charge in [0.1, 0.15) is 0 Å². The predicted octanol–water partition coefficient (Wildman–Crippen LogP) is 1.85. The Balaban J connectivity index is 2.20. The summed E-state index contributed by atoms with van der Waals surface area (Å²) in [5, 5.41) is 10.1. The van der Waals surface area contributed by atoms with Crippen LogP contribution in [0, 0.1) is 5.92 Å². The van der Waals surface area contributed by atoms with E-state index < -0.39 is 9.84 Å². The van der Waals surface area contributed by atoms with Crippen molar-refractivity contribution in [3.8, 4) is 0 Å². The van der Waals surface area contributed by atoms with Gasteiger partial charge >= 0.3 is 0 Å². The summed E-state index contributed by atoms with van der Waals surface area (Å²) in [6.45, 7) is -0.0260. The molecule has 3 nitrogen and oxygen atoms in total. The largest absolute Gasteiger partial charge is 0.396 e. The molecule has 17 heavy (non-hydrogen) atoms. The Morgan fingerprint density at radius 1 is 1.35 bits per heavy atom. The molecular formula is C12H15ClO3S. The van der Waals surface area contributed by atoms with Crippen LogP contribution in [0.25, 0.3) is 0 Å². The lowest BCUT2D eigenvalue weighted by atomic mass is 9.86. The molecule has 1 aliphatic heterocycles. The summed E-state index contributed by atoms with van der Waals surface area (Å²) >= 11 is 5.81. The van der Waals surface area contributed by atoms with Gasteiger partial charge in [0.15, 0.2) is 9.84 Å². The molecule has 1 saturated heterocycles. The first kappa shape index (κ1) is 12.9. The Hall–Kier alpha value is -0.580. The van der Waals surface area contributed by atoms with Crippen LogP contribution in [0.1, 0.15) is 17.9 Å². The molecule has 2 rings (SSSR count). The van der Waals surface area contributed by atoms with E-state index in [0.29, 0.717) is 11.4 Å². The molecule has 2 atom stereocenters. The first-order chi connectivity index (χ1) is 8.02. The summed E-state index contributed by atoms with van der Waals surface area (Å²) in [4.78, 5) is 0. The van der Waals surface area contributed by atoms with Crippen LogP contribution in [0.4, 0.5) is 0 Å². The van der Waals surface area contributed by atoms with Crippen molar-refractivity contribution < 1.29 is 13.5 Å². The zero-order valence-electron chi connectivity index (χ0n) is 9.34. The van der Waals surface area contributed by atoms with E-state index in [-0.39, 0.29) is 29.9 Å². The van der Waals surface area contributed by atoms with Gasteiger partial charge in [0.2, 0.25) is 0 Å². The molecule has 0 spiro atoms. The number of rotatable bonds is 3. The molecule has 0 aromatic heterocycles. The van der Waals surface area contributed by atoms with Crippen molar-refractivity contribution in [2.75, 3.05) is 18.1 Å². The third kappa shape index (κ3) is 3.00. The van der Waals surface area contributed by atoms with Crippen molar-refractivity contribution in [1.82, 2.24) is 0 Å². The number of aliphatic hydroxyl groups excluding tert-OH is 1. The average Bonchev–Trinajstić information content (AvgIpc) is 2.63. The third-order valence-corrected chi connectivity index (χ3v) is 5.38. The number of sulfone groups is 1. The maximum atomic E-state index is 11.4. The highest BCUT2D eigenvalue weighted by molar-refractivity contribution is 7.91. The van der Waals surface area contributed by atoms with Crippen molar-refractivity contribution >= 4 is 21.4 Å². The van der Waals surface area contributed by atoms with E-state index in [1.54, 1.807) is 12.1 Å². The van der Waals surface area contributed by atoms with Crippen LogP contribution in [0.15, 0.2) is 24.3 Å². The molecule has 0 radical (unpaired) electrons. The van der Waals surface area contributed by atoms with E-state index >= 15 is 0 Å². The molecule has 2 unspecified atom stereocenters. The maximum absolute atomic E-state index is 11.4. The molecule has 0 aliphatic carbocycles. The minimum absolute atomic E-state index is 0.0196. The molecule has 1 heterocycles. The van der Waals surface area contributed by atoms with Gasteiger partial charge in [-0.05, 0) is 30.0 Å². The van der Waals surface area contributed by atoms with Gasteiger partial charge in [-0.1, -0.05) is 23.7 Å². The zero-order chi connectivity index (χ0) is 12.5. The summed E-state index contributed by atoms with van der Waals surface area (Å²) in [5.74, 6) is 0.332. The number of aliphatic hydroxyl groups is 1. The summed E-state index contributed by atoms with van der Waals surface area (Å²) < 4.78 is 22.9. The second-order valence-corrected chi connectivity index (χ2v) is 7.17. The molecule has 1 fully saturated rings. The van der Waals surface area contributed by atoms with Crippen molar-refractivity contribution in [3.63, 3.8) is 0 Å². The van der Waals surface area contributed by atoms with Crippen molar-refractivity contribution in [2.24, 2.45) is 5.92 Å². The highest BCUT2D eigenvalue weighted by atomic mass is 35.5. The Labute approximate surface area is 106 Å². The van der Waals surface area contributed by atoms with Crippen molar-refractivity contribution in [1.29, 1.82) is 0 Å². The van der Waals surface area contributed by atoms with E-state index in [2.05, 4.69) is 0 Å². The van der Waals surface area contributed by atoms with Gasteiger partial charge in [-0.3, -0.25) is 0 Å². The lowest BCUT2D eigenvalue weighted by molar-refractivity contribution is 0.233. The summed E-state index contributed by atoms with van der Waals surface area (Å²) in [7, 11) is -2.90. The van der Waals surface area contributed by atoms with Gasteiger partial charge in [0.25, 0.3) is 0 Å². The average molecular weight is 275 g/mol. The first-order valence-corrected chi connectivity index (χ1v) is 7.78. The molecule has 1 aromatic carbocycles. The molecule has 1 aliphatic rings. The second kappa shape index (κ2) is 4.96. The lowest BCUT2D eigenvalue weighted by Gasteiger charge is -2.20. The van der Waals surface area contributed by atoms with Gasteiger partial charge in [-0.15, -0.1) is 0 Å². The quantitative estimate of drug-likeness (QED) is 0.915. The monoisotopic (exact) mass is 274 g/mol. The minimum Gasteiger partial charge on any atom is -0.396 e. The van der Waals surface area contributed by atoms with Crippen LogP contribution in [0.2, 0.25) is 5.02 Å². The van der Waals surface area contributed by atoms with Crippen LogP contribution in [0.3, 0.4) is 0 Å². The fraction of sp³-hybridized carbons (Fsp3) is 0.500. The highest BCUT2D eigenvalue weighted by Gasteiger charge is 2.33. The molecular weight excluding hydrogens is 260 g/mol. The van der Waals surface area contributed by atoms with Crippen LogP contribution < -0.4 is 0 Å². The fourth-order valence-electron chi connectivity index (χ4n) is 2.38. The SMILES string of the molecule is O=S1(=O)CCC(C(CO)c2ccc(Cl)cc2)C1. The van der Waals surface area contributed by atoms with E-state index in [1.807, 2.05) is 12.1 Å². The molecule has 0 amide bonds. The summed E-state index contributed by atoms with van der Waals surface area (Å²) in [6, 6.07) is 7.24. The van der Waals surface area contributed by atoms with Crippen LogP contribution in [-0.2, 0) is 9.84 Å². The van der Waals surface area contributed by atoms with Gasteiger partial charge in [-0.25, -0.2) is 8.42 Å². The smallest absolute Gasteiger partial charge is 0.150 e. The van der Waals surface area contributed by atoms with Crippen molar-refractivity contribution in [3.05, 3.63) is 34.9 Å². The summed E-state index contributed by atoms with van der Waals surface area (Å²) in [5.41, 5.74) is 0.957. The molecule has 0 saturated carbocycles. The van der Waals surface area contributed by atoms with Gasteiger partial charge in [0, 0.05) is 10.9 Å². The second-order valence-electron chi connectivity index (χ2n) is 4.50. The lowest BCUT2D eigenvalue weighted by Crippen LogP contribution is -2.18. The molecule has 94 valence electrons. The number of halogens is 1. The molecule has 1 aromatic rings. The van der Waals surface area contributed by atoms with Crippen molar-refractivity contribution in [2.45, 2.75) is 12.3 Å². The van der Waals surface area contributed by atoms with E-state index in [1.165, 1.54) is 0 Å². The van der Waals surface area contributed by atoms with E-state index in [4.69, 9.17) is 11.6 Å². The zero-order valence-corrected chi connectivity index (χ0v) is 10.9. The standard InChI is InChI=1S/C12H15ClO3S/c13-11-3-1-9(2-4-11)12(7-14)10-5-6-17(15,16)8-10/h1-4,10,12,14H,5-8H2. The maximum Gasteiger partial charge on any atom is 0.150 e. The van der Waals surface area contributed by atoms with E-state index in [0.717, 1.165) is 5.56 Å². The Kier molecular flexibility index (Phi) is 3.76. The molecule has 0 bridgehead atoms. The number of benzene rings is 1. The van der Waals surface area contributed by atoms with Gasteiger partial charge < -0.3 is 5.11 Å². The third-order valence-electron chi connectivity index (χ3n) is 3.33. The highest BCUT2D eigenvalue weighted by Crippen LogP contribution is 2.33. The predicted molar refractivity (Wildman–Crippen MR) is 68.0 cm³/mol. The van der Waals surface area contributed by atoms with Crippen LogP contribution in [0.5, 0.6) is 0 Å². The fourth-order valence-corrected chi connectivity index (χ4v) is 4.38. The van der Waals surface area contributed by atoms with E-state index in [9.17, 15) is 13.5 Å². The Bertz CT molecular complexity index is 481. The first-order valence-electron chi connectivity index (χ1n) is 5.58. The van der Waals surface area contributed by atoms with Crippen LogP contribution >= 0.6 is 11.6 Å². The minimum atomic E-state index is -2.90. The summed E-state index contributed by atoms with van der Waals surface area (Å²) in [6.07, 6.45) is 0.635. The topological polar surface area (TPSA) is 54.4 Å². The number of hydrogen-bond acceptors (Lipinski definition) is 3.